The topological polar surface area (TPSA) is 53.1 Å². The molecule has 0 bridgehead atoms. The molecule has 6 heteroatoms. The minimum Gasteiger partial charge on any atom is -0.376 e. The Morgan fingerprint density at radius 1 is 1.27 bits per heavy atom. The fourth-order valence-corrected chi connectivity index (χ4v) is 3.69. The predicted octanol–water partition coefficient (Wildman–Crippen LogP) is 0.178. The second-order valence-corrected chi connectivity index (χ2v) is 6.59. The van der Waals surface area contributed by atoms with Crippen molar-refractivity contribution in [3.63, 3.8) is 0 Å². The van der Waals surface area contributed by atoms with E-state index >= 15 is 0 Å². The number of likely N-dealkylation sites (N-methyl/N-ethyl adjacent to an activating group) is 1. The van der Waals surface area contributed by atoms with Gasteiger partial charge in [0.25, 0.3) is 0 Å². The number of rotatable bonds is 4. The number of nitrogens with zero attached hydrogens (tertiary/aromatic N) is 3. The first-order valence-electron chi connectivity index (χ1n) is 8.58. The van der Waals surface area contributed by atoms with Gasteiger partial charge in [0, 0.05) is 52.3 Å². The molecule has 0 aromatic heterocycles. The first kappa shape index (κ1) is 15.7. The van der Waals surface area contributed by atoms with Crippen LogP contribution in [0.4, 0.5) is 0 Å². The summed E-state index contributed by atoms with van der Waals surface area (Å²) in [4.78, 5) is 30.9. The highest BCUT2D eigenvalue weighted by atomic mass is 16.5. The van der Waals surface area contributed by atoms with Crippen molar-refractivity contribution >= 4 is 11.8 Å². The molecule has 0 N–H and O–H groups in total. The van der Waals surface area contributed by atoms with Crippen molar-refractivity contribution in [2.75, 3.05) is 52.4 Å². The minimum atomic E-state index is -0.151. The van der Waals surface area contributed by atoms with Crippen molar-refractivity contribution in [2.45, 2.75) is 32.3 Å². The largest absolute Gasteiger partial charge is 0.376 e. The number of hydrogen-bond acceptors (Lipinski definition) is 4. The molecular weight excluding hydrogens is 282 g/mol. The Morgan fingerprint density at radius 3 is 2.68 bits per heavy atom. The lowest BCUT2D eigenvalue weighted by Gasteiger charge is -2.35. The Balaban J connectivity index is 1.50. The normalized spacial score (nSPS) is 30.3. The minimum absolute atomic E-state index is 0.112. The van der Waals surface area contributed by atoms with Gasteiger partial charge in [-0.2, -0.15) is 0 Å². The lowest BCUT2D eigenvalue weighted by Crippen LogP contribution is -2.50. The Bertz CT molecular complexity index is 415. The van der Waals surface area contributed by atoms with E-state index in [2.05, 4.69) is 11.8 Å². The molecule has 0 aliphatic carbocycles. The fourth-order valence-electron chi connectivity index (χ4n) is 3.69. The average Bonchev–Trinajstić information content (AvgIpc) is 3.18. The van der Waals surface area contributed by atoms with E-state index in [0.29, 0.717) is 19.5 Å². The van der Waals surface area contributed by atoms with Gasteiger partial charge in [-0.1, -0.05) is 6.92 Å². The van der Waals surface area contributed by atoms with Gasteiger partial charge in [-0.3, -0.25) is 9.59 Å². The number of amides is 2. The maximum Gasteiger partial charge on any atom is 0.228 e. The van der Waals surface area contributed by atoms with Crippen molar-refractivity contribution in [2.24, 2.45) is 5.92 Å². The maximum atomic E-state index is 12.6. The molecule has 3 aliphatic rings. The molecule has 3 heterocycles. The lowest BCUT2D eigenvalue weighted by atomic mass is 10.1. The number of ether oxygens (including phenoxy) is 1. The third kappa shape index (κ3) is 3.43. The molecule has 0 aromatic rings. The quantitative estimate of drug-likeness (QED) is 0.743. The Kier molecular flexibility index (Phi) is 4.98. The number of carbonyl (C=O) groups excluding carboxylic acids is 2. The van der Waals surface area contributed by atoms with Crippen molar-refractivity contribution < 1.29 is 14.3 Å². The summed E-state index contributed by atoms with van der Waals surface area (Å²) in [7, 11) is 0. The van der Waals surface area contributed by atoms with Crippen molar-refractivity contribution in [3.05, 3.63) is 0 Å². The van der Waals surface area contributed by atoms with Crippen LogP contribution in [0.3, 0.4) is 0 Å². The van der Waals surface area contributed by atoms with Crippen LogP contribution >= 0.6 is 0 Å². The summed E-state index contributed by atoms with van der Waals surface area (Å²) in [5.74, 6) is 0.127. The van der Waals surface area contributed by atoms with E-state index in [-0.39, 0.29) is 23.8 Å². The molecule has 22 heavy (non-hydrogen) atoms. The van der Waals surface area contributed by atoms with E-state index in [1.807, 2.05) is 9.80 Å². The number of piperazine rings is 1. The van der Waals surface area contributed by atoms with Gasteiger partial charge < -0.3 is 19.4 Å². The summed E-state index contributed by atoms with van der Waals surface area (Å²) in [5.41, 5.74) is 0. The second kappa shape index (κ2) is 6.96. The zero-order chi connectivity index (χ0) is 15.5. The SMILES string of the molecule is CCN1CCN(C(=O)C2CC(=O)N(CC3CCCO3)C2)CC1. The smallest absolute Gasteiger partial charge is 0.228 e. The highest BCUT2D eigenvalue weighted by Gasteiger charge is 2.38. The third-order valence-corrected chi connectivity index (χ3v) is 5.14. The molecule has 124 valence electrons. The van der Waals surface area contributed by atoms with E-state index in [9.17, 15) is 9.59 Å². The molecule has 0 saturated carbocycles. The maximum absolute atomic E-state index is 12.6. The van der Waals surface area contributed by atoms with Crippen LogP contribution in [0.1, 0.15) is 26.2 Å². The molecule has 3 aliphatic heterocycles. The van der Waals surface area contributed by atoms with Gasteiger partial charge in [-0.25, -0.2) is 0 Å². The monoisotopic (exact) mass is 309 g/mol. The van der Waals surface area contributed by atoms with Crippen molar-refractivity contribution in [3.8, 4) is 0 Å². The second-order valence-electron chi connectivity index (χ2n) is 6.59. The average molecular weight is 309 g/mol. The molecule has 2 atom stereocenters. The van der Waals surface area contributed by atoms with Crippen LogP contribution in [-0.2, 0) is 14.3 Å². The van der Waals surface area contributed by atoms with E-state index in [0.717, 1.165) is 52.2 Å². The summed E-state index contributed by atoms with van der Waals surface area (Å²) >= 11 is 0. The van der Waals surface area contributed by atoms with Crippen LogP contribution in [0.15, 0.2) is 0 Å². The van der Waals surface area contributed by atoms with Gasteiger partial charge in [-0.05, 0) is 19.4 Å². The zero-order valence-corrected chi connectivity index (χ0v) is 13.5. The fraction of sp³-hybridized carbons (Fsp3) is 0.875. The lowest BCUT2D eigenvalue weighted by molar-refractivity contribution is -0.137. The van der Waals surface area contributed by atoms with E-state index in [1.165, 1.54) is 0 Å². The first-order chi connectivity index (χ1) is 10.7. The molecular formula is C16H27N3O3. The summed E-state index contributed by atoms with van der Waals surface area (Å²) in [6.07, 6.45) is 2.66. The standard InChI is InChI=1S/C16H27N3O3/c1-2-17-5-7-18(8-6-17)16(21)13-10-15(20)19(11-13)12-14-4-3-9-22-14/h13-14H,2-12H2,1H3. The molecule has 3 rings (SSSR count). The van der Waals surface area contributed by atoms with Crippen LogP contribution in [0.5, 0.6) is 0 Å². The van der Waals surface area contributed by atoms with Gasteiger partial charge in [0.2, 0.25) is 11.8 Å². The first-order valence-corrected chi connectivity index (χ1v) is 8.58. The highest BCUT2D eigenvalue weighted by molar-refractivity contribution is 5.89. The Labute approximate surface area is 132 Å². The van der Waals surface area contributed by atoms with E-state index in [1.54, 1.807) is 0 Å². The molecule has 0 radical (unpaired) electrons. The van der Waals surface area contributed by atoms with Crippen LogP contribution in [-0.4, -0.2) is 85.0 Å². The van der Waals surface area contributed by atoms with E-state index in [4.69, 9.17) is 4.74 Å². The van der Waals surface area contributed by atoms with Gasteiger partial charge in [0.1, 0.15) is 0 Å². The number of hydrogen-bond donors (Lipinski definition) is 0. The molecule has 2 unspecified atom stereocenters. The number of carbonyl (C=O) groups is 2. The molecule has 3 saturated heterocycles. The number of likely N-dealkylation sites (tertiary alicyclic amines) is 1. The van der Waals surface area contributed by atoms with Crippen LogP contribution in [0.2, 0.25) is 0 Å². The third-order valence-electron chi connectivity index (χ3n) is 5.14. The molecule has 2 amide bonds. The van der Waals surface area contributed by atoms with Gasteiger partial charge >= 0.3 is 0 Å². The summed E-state index contributed by atoms with van der Waals surface area (Å²) in [5, 5.41) is 0. The molecule has 6 nitrogen and oxygen atoms in total. The van der Waals surface area contributed by atoms with Crippen molar-refractivity contribution in [1.82, 2.24) is 14.7 Å². The summed E-state index contributed by atoms with van der Waals surface area (Å²) < 4.78 is 5.60. The summed E-state index contributed by atoms with van der Waals surface area (Å²) in [6, 6.07) is 0. The highest BCUT2D eigenvalue weighted by Crippen LogP contribution is 2.23. The van der Waals surface area contributed by atoms with E-state index < -0.39 is 0 Å². The zero-order valence-electron chi connectivity index (χ0n) is 13.5. The predicted molar refractivity (Wildman–Crippen MR) is 82.4 cm³/mol. The Hall–Kier alpha value is -1.14. The molecule has 3 fully saturated rings. The molecule has 0 aromatic carbocycles. The van der Waals surface area contributed by atoms with Crippen molar-refractivity contribution in [1.29, 1.82) is 0 Å². The van der Waals surface area contributed by atoms with Crippen LogP contribution in [0, 0.1) is 5.92 Å². The Morgan fingerprint density at radius 2 is 2.05 bits per heavy atom. The van der Waals surface area contributed by atoms with Crippen LogP contribution < -0.4 is 0 Å². The van der Waals surface area contributed by atoms with Crippen LogP contribution in [0.25, 0.3) is 0 Å². The van der Waals surface area contributed by atoms with Gasteiger partial charge in [-0.15, -0.1) is 0 Å². The van der Waals surface area contributed by atoms with Gasteiger partial charge in [0.15, 0.2) is 0 Å². The molecule has 0 spiro atoms. The van der Waals surface area contributed by atoms with Gasteiger partial charge in [0.05, 0.1) is 12.0 Å². The summed E-state index contributed by atoms with van der Waals surface area (Å²) in [6.45, 7) is 8.71.